The van der Waals surface area contributed by atoms with Crippen LogP contribution in [0.2, 0.25) is 0 Å². The standard InChI is InChI=1S/2C18H15N2.Ir/c2*1-13-5-3-7-15(9-13)17-11-18(20-12-19-17)16-8-4-6-14(2)10-16;/h2*3-11H,1-2H3;/q2*-1;. The van der Waals surface area contributed by atoms with Crippen LogP contribution in [0.15, 0.2) is 109 Å². The molecule has 0 saturated heterocycles. The van der Waals surface area contributed by atoms with E-state index in [0.717, 1.165) is 45.0 Å². The normalized spacial score (nSPS) is 10.2. The summed E-state index contributed by atoms with van der Waals surface area (Å²) in [5.41, 5.74) is 12.9. The van der Waals surface area contributed by atoms with Gasteiger partial charge in [0.15, 0.2) is 0 Å². The molecule has 4 nitrogen and oxygen atoms in total. The number of rotatable bonds is 4. The minimum absolute atomic E-state index is 0. The summed E-state index contributed by atoms with van der Waals surface area (Å²) in [6, 6.07) is 37.2. The maximum Gasteiger partial charge on any atom is 0.0225 e. The van der Waals surface area contributed by atoms with Crippen molar-refractivity contribution < 1.29 is 20.1 Å². The van der Waals surface area contributed by atoms with Crippen molar-refractivity contribution in [1.29, 1.82) is 0 Å². The first-order valence-corrected chi connectivity index (χ1v) is 13.2. The zero-order valence-corrected chi connectivity index (χ0v) is 25.9. The van der Waals surface area contributed by atoms with Crippen molar-refractivity contribution in [2.45, 2.75) is 27.7 Å². The quantitative estimate of drug-likeness (QED) is 0.172. The smallest absolute Gasteiger partial charge is 0.0225 e. The van der Waals surface area contributed by atoms with Gasteiger partial charge in [-0.05, 0) is 50.5 Å². The van der Waals surface area contributed by atoms with Gasteiger partial charge in [-0.15, -0.1) is 12.1 Å². The van der Waals surface area contributed by atoms with Gasteiger partial charge in [0.1, 0.15) is 0 Å². The van der Waals surface area contributed by atoms with Crippen molar-refractivity contribution in [3.63, 3.8) is 0 Å². The van der Waals surface area contributed by atoms with Crippen molar-refractivity contribution in [2.75, 3.05) is 0 Å². The summed E-state index contributed by atoms with van der Waals surface area (Å²) >= 11 is 0. The first-order valence-electron chi connectivity index (χ1n) is 13.2. The second-order valence-corrected chi connectivity index (χ2v) is 9.95. The van der Waals surface area contributed by atoms with Crippen LogP contribution in [0.1, 0.15) is 22.3 Å². The van der Waals surface area contributed by atoms with Gasteiger partial charge < -0.3 is 19.9 Å². The van der Waals surface area contributed by atoms with Crippen LogP contribution in [-0.2, 0) is 20.1 Å². The second kappa shape index (κ2) is 13.8. The van der Waals surface area contributed by atoms with Crippen molar-refractivity contribution in [1.82, 2.24) is 19.9 Å². The van der Waals surface area contributed by atoms with E-state index in [1.165, 1.54) is 22.3 Å². The average Bonchev–Trinajstić information content (AvgIpc) is 2.98. The van der Waals surface area contributed by atoms with Gasteiger partial charge in [-0.1, -0.05) is 142 Å². The average molecular weight is 711 g/mol. The monoisotopic (exact) mass is 711 g/mol. The predicted molar refractivity (Wildman–Crippen MR) is 162 cm³/mol. The molecule has 2 aromatic heterocycles. The molecule has 4 aromatic carbocycles. The Labute approximate surface area is 256 Å². The maximum atomic E-state index is 4.26. The molecular weight excluding hydrogens is 681 g/mol. The molecule has 0 aliphatic heterocycles. The van der Waals surface area contributed by atoms with Crippen molar-refractivity contribution >= 4 is 0 Å². The number of benzene rings is 4. The maximum absolute atomic E-state index is 4.26. The minimum atomic E-state index is 0. The van der Waals surface area contributed by atoms with Crippen LogP contribution in [0.4, 0.5) is 0 Å². The van der Waals surface area contributed by atoms with Gasteiger partial charge in [0.2, 0.25) is 0 Å². The van der Waals surface area contributed by atoms with Crippen LogP contribution in [0.25, 0.3) is 45.0 Å². The SMILES string of the molecule is Cc1cccc(-c2cc(-c3cccc(C)c3)n[c-]n2)c1.Cc1cccc(-c2cc(-c3cccc(C)c3)n[c-]n2)c1.[Ir]. The van der Waals surface area contributed by atoms with Crippen LogP contribution < -0.4 is 0 Å². The Morgan fingerprint density at radius 3 is 0.829 bits per heavy atom. The molecule has 0 aliphatic carbocycles. The fourth-order valence-electron chi connectivity index (χ4n) is 4.46. The van der Waals surface area contributed by atoms with E-state index in [9.17, 15) is 0 Å². The van der Waals surface area contributed by atoms with Gasteiger partial charge in [0, 0.05) is 32.8 Å². The molecule has 0 unspecified atom stereocenters. The fourth-order valence-corrected chi connectivity index (χ4v) is 4.46. The molecule has 0 N–H and O–H groups in total. The molecule has 0 amide bonds. The van der Waals surface area contributed by atoms with Gasteiger partial charge in [-0.3, -0.25) is 0 Å². The summed E-state index contributed by atoms with van der Waals surface area (Å²) in [6.45, 7) is 8.32. The molecule has 41 heavy (non-hydrogen) atoms. The Kier molecular flexibility index (Phi) is 10.0. The molecule has 0 bridgehead atoms. The van der Waals surface area contributed by atoms with E-state index in [-0.39, 0.29) is 20.1 Å². The van der Waals surface area contributed by atoms with Crippen LogP contribution in [0, 0.1) is 40.3 Å². The number of hydrogen-bond acceptors (Lipinski definition) is 4. The molecular formula is C36H30IrN4-2. The first-order chi connectivity index (χ1) is 19.4. The number of hydrogen-bond donors (Lipinski definition) is 0. The molecule has 6 aromatic rings. The van der Waals surface area contributed by atoms with Crippen LogP contribution in [0.3, 0.4) is 0 Å². The van der Waals surface area contributed by atoms with Crippen LogP contribution in [-0.4, -0.2) is 19.9 Å². The Balaban J connectivity index is 0.000000184. The zero-order valence-electron chi connectivity index (χ0n) is 23.5. The number of aromatic nitrogens is 4. The fraction of sp³-hybridized carbons (Fsp3) is 0.111. The molecule has 1 radical (unpaired) electrons. The van der Waals surface area contributed by atoms with E-state index < -0.39 is 0 Å². The Morgan fingerprint density at radius 1 is 0.366 bits per heavy atom. The summed E-state index contributed by atoms with van der Waals surface area (Å²) in [7, 11) is 0. The molecule has 6 rings (SSSR count). The molecule has 0 aliphatic rings. The predicted octanol–water partition coefficient (Wildman–Crippen LogP) is 8.45. The summed E-state index contributed by atoms with van der Waals surface area (Å²) in [4.78, 5) is 17.1. The van der Waals surface area contributed by atoms with E-state index in [1.807, 2.05) is 36.4 Å². The third-order valence-electron chi connectivity index (χ3n) is 6.48. The summed E-state index contributed by atoms with van der Waals surface area (Å²) in [5, 5.41) is 0. The molecule has 205 valence electrons. The molecule has 0 spiro atoms. The Hall–Kier alpha value is -4.31. The molecule has 0 saturated carbocycles. The first kappa shape index (κ1) is 29.7. The minimum Gasteiger partial charge on any atom is -0.366 e. The van der Waals surface area contributed by atoms with E-state index >= 15 is 0 Å². The van der Waals surface area contributed by atoms with Crippen LogP contribution >= 0.6 is 0 Å². The van der Waals surface area contributed by atoms with Crippen molar-refractivity contribution in [2.24, 2.45) is 0 Å². The van der Waals surface area contributed by atoms with Crippen LogP contribution in [0.5, 0.6) is 0 Å². The third-order valence-corrected chi connectivity index (χ3v) is 6.48. The topological polar surface area (TPSA) is 51.6 Å². The number of aryl methyl sites for hydroxylation is 4. The zero-order chi connectivity index (χ0) is 27.9. The van der Waals surface area contributed by atoms with Crippen molar-refractivity contribution in [3.8, 4) is 45.0 Å². The van der Waals surface area contributed by atoms with E-state index in [0.29, 0.717) is 0 Å². The van der Waals surface area contributed by atoms with E-state index in [1.54, 1.807) is 0 Å². The Morgan fingerprint density at radius 2 is 0.610 bits per heavy atom. The summed E-state index contributed by atoms with van der Waals surface area (Å²) < 4.78 is 0. The van der Waals surface area contributed by atoms with Gasteiger partial charge in [0.05, 0.1) is 0 Å². The third kappa shape index (κ3) is 7.88. The molecule has 0 atom stereocenters. The molecule has 2 heterocycles. The van der Waals surface area contributed by atoms with E-state index in [4.69, 9.17) is 0 Å². The number of nitrogens with zero attached hydrogens (tertiary/aromatic N) is 4. The van der Waals surface area contributed by atoms with Gasteiger partial charge in [0.25, 0.3) is 0 Å². The van der Waals surface area contributed by atoms with E-state index in [2.05, 4.69) is 133 Å². The largest absolute Gasteiger partial charge is 0.366 e. The summed E-state index contributed by atoms with van der Waals surface area (Å²) in [6.07, 6.45) is 5.53. The van der Waals surface area contributed by atoms with Gasteiger partial charge >= 0.3 is 0 Å². The van der Waals surface area contributed by atoms with Gasteiger partial charge in [-0.2, -0.15) is 0 Å². The van der Waals surface area contributed by atoms with Gasteiger partial charge in [-0.25, -0.2) is 0 Å². The second-order valence-electron chi connectivity index (χ2n) is 9.95. The molecule has 0 fully saturated rings. The van der Waals surface area contributed by atoms with Crippen molar-refractivity contribution in [3.05, 3.63) is 144 Å². The summed E-state index contributed by atoms with van der Waals surface area (Å²) in [5.74, 6) is 0. The Bertz CT molecular complexity index is 1510. The molecule has 5 heteroatoms.